The fourth-order valence-electron chi connectivity index (χ4n) is 2.85. The minimum Gasteiger partial charge on any atom is -0.320 e. The summed E-state index contributed by atoms with van der Waals surface area (Å²) in [7, 11) is 0. The first kappa shape index (κ1) is 12.7. The largest absolute Gasteiger partial charge is 0.320 e. The van der Waals surface area contributed by atoms with Gasteiger partial charge in [-0.1, -0.05) is 48.0 Å². The number of rotatable bonds is 2. The van der Waals surface area contributed by atoms with Crippen molar-refractivity contribution >= 4 is 11.6 Å². The van der Waals surface area contributed by atoms with Crippen molar-refractivity contribution in [1.29, 1.82) is 0 Å². The normalized spacial score (nSPS) is 15.9. The van der Waals surface area contributed by atoms with E-state index in [2.05, 4.69) is 18.2 Å². The van der Waals surface area contributed by atoms with Crippen molar-refractivity contribution in [2.75, 3.05) is 0 Å². The van der Waals surface area contributed by atoms with Crippen molar-refractivity contribution in [3.05, 3.63) is 69.7 Å². The summed E-state index contributed by atoms with van der Waals surface area (Å²) in [5.41, 5.74) is 11.5. The quantitative estimate of drug-likeness (QED) is 0.867. The first-order valence-electron chi connectivity index (χ1n) is 6.87. The minimum absolute atomic E-state index is 0.138. The van der Waals surface area contributed by atoms with Crippen LogP contribution in [0.2, 0.25) is 5.02 Å². The SMILES string of the molecule is NC(c1ccc2c(c1)CCCC2)c1ccccc1Cl. The standard InChI is InChI=1S/C17H18ClN/c18-16-8-4-3-7-15(16)17(19)14-10-9-12-5-1-2-6-13(12)11-14/h3-4,7-11,17H,1-2,5-6,19H2. The Morgan fingerprint density at radius 3 is 2.47 bits per heavy atom. The highest BCUT2D eigenvalue weighted by Gasteiger charge is 2.15. The lowest BCUT2D eigenvalue weighted by Crippen LogP contribution is -2.14. The third kappa shape index (κ3) is 2.54. The molecule has 2 aromatic rings. The van der Waals surface area contributed by atoms with Crippen LogP contribution in [0.15, 0.2) is 42.5 Å². The van der Waals surface area contributed by atoms with Gasteiger partial charge in [0.15, 0.2) is 0 Å². The van der Waals surface area contributed by atoms with E-state index in [-0.39, 0.29) is 6.04 Å². The fraction of sp³-hybridized carbons (Fsp3) is 0.294. The van der Waals surface area contributed by atoms with Gasteiger partial charge in [-0.05, 0) is 54.0 Å². The number of aryl methyl sites for hydroxylation is 2. The third-order valence-corrected chi connectivity index (χ3v) is 4.32. The van der Waals surface area contributed by atoms with Crippen LogP contribution in [0.5, 0.6) is 0 Å². The molecule has 0 aliphatic heterocycles. The van der Waals surface area contributed by atoms with Crippen LogP contribution in [-0.4, -0.2) is 0 Å². The Morgan fingerprint density at radius 1 is 0.947 bits per heavy atom. The Balaban J connectivity index is 1.96. The zero-order chi connectivity index (χ0) is 13.2. The lowest BCUT2D eigenvalue weighted by molar-refractivity contribution is 0.682. The highest BCUT2D eigenvalue weighted by atomic mass is 35.5. The van der Waals surface area contributed by atoms with Crippen molar-refractivity contribution in [2.45, 2.75) is 31.7 Å². The van der Waals surface area contributed by atoms with Crippen LogP contribution in [0.3, 0.4) is 0 Å². The summed E-state index contributed by atoms with van der Waals surface area (Å²) in [6.07, 6.45) is 4.98. The van der Waals surface area contributed by atoms with Crippen LogP contribution in [0.25, 0.3) is 0 Å². The maximum atomic E-state index is 6.37. The molecule has 1 nitrogen and oxygen atoms in total. The smallest absolute Gasteiger partial charge is 0.0566 e. The second-order valence-corrected chi connectivity index (χ2v) is 5.64. The van der Waals surface area contributed by atoms with E-state index in [1.807, 2.05) is 24.3 Å². The van der Waals surface area contributed by atoms with Gasteiger partial charge in [0.05, 0.1) is 6.04 Å². The number of nitrogens with two attached hydrogens (primary N) is 1. The maximum Gasteiger partial charge on any atom is 0.0566 e. The summed E-state index contributed by atoms with van der Waals surface area (Å²) < 4.78 is 0. The van der Waals surface area contributed by atoms with E-state index in [4.69, 9.17) is 17.3 Å². The van der Waals surface area contributed by atoms with Gasteiger partial charge in [0.1, 0.15) is 0 Å². The number of hydrogen-bond acceptors (Lipinski definition) is 1. The number of halogens is 1. The Labute approximate surface area is 119 Å². The van der Waals surface area contributed by atoms with Crippen LogP contribution in [0.4, 0.5) is 0 Å². The zero-order valence-corrected chi connectivity index (χ0v) is 11.7. The van der Waals surface area contributed by atoms with Gasteiger partial charge in [-0.25, -0.2) is 0 Å². The predicted octanol–water partition coefficient (Wildman–Crippen LogP) is 4.27. The summed E-state index contributed by atoms with van der Waals surface area (Å²) in [4.78, 5) is 0. The van der Waals surface area contributed by atoms with Crippen molar-refractivity contribution in [3.8, 4) is 0 Å². The molecule has 2 aromatic carbocycles. The van der Waals surface area contributed by atoms with E-state index in [9.17, 15) is 0 Å². The van der Waals surface area contributed by atoms with Crippen molar-refractivity contribution in [1.82, 2.24) is 0 Å². The number of benzene rings is 2. The summed E-state index contributed by atoms with van der Waals surface area (Å²) >= 11 is 6.23. The summed E-state index contributed by atoms with van der Waals surface area (Å²) in [6.45, 7) is 0. The molecular weight excluding hydrogens is 254 g/mol. The summed E-state index contributed by atoms with van der Waals surface area (Å²) in [5.74, 6) is 0. The van der Waals surface area contributed by atoms with E-state index in [1.54, 1.807) is 0 Å². The molecule has 0 bridgehead atoms. The predicted molar refractivity (Wildman–Crippen MR) is 80.6 cm³/mol. The Morgan fingerprint density at radius 2 is 1.68 bits per heavy atom. The molecule has 1 aliphatic carbocycles. The van der Waals surface area contributed by atoms with E-state index < -0.39 is 0 Å². The van der Waals surface area contributed by atoms with Crippen LogP contribution in [0.1, 0.15) is 41.1 Å². The molecule has 1 unspecified atom stereocenters. The molecule has 0 aromatic heterocycles. The molecule has 19 heavy (non-hydrogen) atoms. The fourth-order valence-corrected chi connectivity index (χ4v) is 3.11. The average molecular weight is 272 g/mol. The maximum absolute atomic E-state index is 6.37. The van der Waals surface area contributed by atoms with Crippen LogP contribution in [-0.2, 0) is 12.8 Å². The van der Waals surface area contributed by atoms with Gasteiger partial charge in [0.2, 0.25) is 0 Å². The molecule has 3 rings (SSSR count). The first-order chi connectivity index (χ1) is 9.25. The van der Waals surface area contributed by atoms with E-state index in [1.165, 1.54) is 36.8 Å². The van der Waals surface area contributed by atoms with E-state index >= 15 is 0 Å². The molecule has 2 heteroatoms. The van der Waals surface area contributed by atoms with Gasteiger partial charge in [-0.3, -0.25) is 0 Å². The highest BCUT2D eigenvalue weighted by Crippen LogP contribution is 2.29. The molecule has 0 radical (unpaired) electrons. The van der Waals surface area contributed by atoms with Crippen LogP contribution >= 0.6 is 11.6 Å². The molecule has 1 atom stereocenters. The van der Waals surface area contributed by atoms with Crippen molar-refractivity contribution in [3.63, 3.8) is 0 Å². The lowest BCUT2D eigenvalue weighted by atomic mass is 9.88. The van der Waals surface area contributed by atoms with Crippen molar-refractivity contribution in [2.24, 2.45) is 5.73 Å². The summed E-state index contributed by atoms with van der Waals surface area (Å²) in [6, 6.07) is 14.3. The topological polar surface area (TPSA) is 26.0 Å². The minimum atomic E-state index is -0.138. The highest BCUT2D eigenvalue weighted by molar-refractivity contribution is 6.31. The molecule has 0 amide bonds. The van der Waals surface area contributed by atoms with Crippen molar-refractivity contribution < 1.29 is 0 Å². The molecule has 0 saturated heterocycles. The molecule has 2 N–H and O–H groups in total. The summed E-state index contributed by atoms with van der Waals surface area (Å²) in [5, 5.41) is 0.743. The Bertz CT molecular complexity index is 592. The molecule has 0 heterocycles. The molecule has 1 aliphatic rings. The Hall–Kier alpha value is -1.31. The van der Waals surface area contributed by atoms with Gasteiger partial charge in [0.25, 0.3) is 0 Å². The van der Waals surface area contributed by atoms with E-state index in [0.717, 1.165) is 16.1 Å². The van der Waals surface area contributed by atoms with Crippen LogP contribution < -0.4 is 5.73 Å². The molecule has 0 fully saturated rings. The zero-order valence-electron chi connectivity index (χ0n) is 10.9. The Kier molecular flexibility index (Phi) is 3.58. The monoisotopic (exact) mass is 271 g/mol. The molecule has 0 saturated carbocycles. The number of fused-ring (bicyclic) bond motifs is 1. The van der Waals surface area contributed by atoms with Gasteiger partial charge >= 0.3 is 0 Å². The molecule has 98 valence electrons. The van der Waals surface area contributed by atoms with Gasteiger partial charge in [-0.15, -0.1) is 0 Å². The second kappa shape index (κ2) is 5.36. The first-order valence-corrected chi connectivity index (χ1v) is 7.25. The van der Waals surface area contributed by atoms with Gasteiger partial charge in [0, 0.05) is 5.02 Å². The lowest BCUT2D eigenvalue weighted by Gasteiger charge is -2.20. The molecular formula is C17H18ClN. The third-order valence-electron chi connectivity index (χ3n) is 3.97. The average Bonchev–Trinajstić information content (AvgIpc) is 2.46. The van der Waals surface area contributed by atoms with Crippen LogP contribution in [0, 0.1) is 0 Å². The second-order valence-electron chi connectivity index (χ2n) is 5.23. The van der Waals surface area contributed by atoms with Gasteiger partial charge in [-0.2, -0.15) is 0 Å². The van der Waals surface area contributed by atoms with E-state index in [0.29, 0.717) is 0 Å². The molecule has 0 spiro atoms. The van der Waals surface area contributed by atoms with Gasteiger partial charge < -0.3 is 5.73 Å². The number of hydrogen-bond donors (Lipinski definition) is 1.